The van der Waals surface area contributed by atoms with Gasteiger partial charge in [0.2, 0.25) is 6.43 Å². The predicted molar refractivity (Wildman–Crippen MR) is 87.1 cm³/mol. The van der Waals surface area contributed by atoms with Crippen molar-refractivity contribution >= 4 is 23.2 Å². The molecule has 2 aliphatic rings. The second-order valence-corrected chi connectivity index (χ2v) is 6.91. The first-order valence-corrected chi connectivity index (χ1v) is 8.52. The Morgan fingerprint density at radius 2 is 2.09 bits per heavy atom. The summed E-state index contributed by atoms with van der Waals surface area (Å²) in [6, 6.07) is 5.18. The third-order valence-electron chi connectivity index (χ3n) is 5.00. The molecule has 3 nitrogen and oxygen atoms in total. The number of nitrogens with one attached hydrogen (secondary N) is 1. The van der Waals surface area contributed by atoms with Crippen molar-refractivity contribution in [3.05, 3.63) is 28.8 Å². The van der Waals surface area contributed by atoms with Crippen molar-refractivity contribution < 1.29 is 13.6 Å². The summed E-state index contributed by atoms with van der Waals surface area (Å²) >= 11 is 6.05. The highest BCUT2D eigenvalue weighted by Gasteiger charge is 2.47. The molecular weight excluding hydrogens is 322 g/mol. The Hall–Kier alpha value is -1.36. The van der Waals surface area contributed by atoms with E-state index in [1.807, 2.05) is 11.8 Å². The summed E-state index contributed by atoms with van der Waals surface area (Å²) < 4.78 is 25.9. The van der Waals surface area contributed by atoms with Gasteiger partial charge >= 0.3 is 0 Å². The molecule has 1 fully saturated rings. The Bertz CT molecular complexity index is 600. The zero-order valence-electron chi connectivity index (χ0n) is 13.1. The molecule has 1 aliphatic heterocycles. The van der Waals surface area contributed by atoms with Crippen LogP contribution in [0, 0.1) is 5.92 Å². The lowest BCUT2D eigenvalue weighted by atomic mass is 9.79. The van der Waals surface area contributed by atoms with Gasteiger partial charge in [-0.15, -0.1) is 0 Å². The average Bonchev–Trinajstić information content (AvgIpc) is 2.51. The van der Waals surface area contributed by atoms with Crippen molar-refractivity contribution in [2.24, 2.45) is 5.92 Å². The second-order valence-electron chi connectivity index (χ2n) is 6.48. The average molecular weight is 343 g/mol. The lowest BCUT2D eigenvalue weighted by Crippen LogP contribution is -2.61. The van der Waals surface area contributed by atoms with Crippen LogP contribution in [0.4, 0.5) is 14.5 Å². The molecule has 6 heteroatoms. The van der Waals surface area contributed by atoms with Crippen LogP contribution >= 0.6 is 11.6 Å². The summed E-state index contributed by atoms with van der Waals surface area (Å²) in [5.74, 6) is -0.602. The zero-order valence-corrected chi connectivity index (χ0v) is 13.9. The van der Waals surface area contributed by atoms with E-state index in [9.17, 15) is 13.6 Å². The van der Waals surface area contributed by atoms with Gasteiger partial charge in [-0.1, -0.05) is 18.5 Å². The number of benzene rings is 1. The number of halogens is 3. The summed E-state index contributed by atoms with van der Waals surface area (Å²) in [5.41, 5.74) is 0.755. The van der Waals surface area contributed by atoms with Crippen molar-refractivity contribution in [2.75, 3.05) is 11.9 Å². The van der Waals surface area contributed by atoms with Crippen LogP contribution in [0.15, 0.2) is 18.2 Å². The molecule has 0 saturated heterocycles. The molecule has 3 rings (SSSR count). The molecule has 1 aromatic carbocycles. The van der Waals surface area contributed by atoms with Crippen LogP contribution < -0.4 is 5.32 Å². The van der Waals surface area contributed by atoms with E-state index in [1.54, 1.807) is 18.2 Å². The zero-order chi connectivity index (χ0) is 16.6. The van der Waals surface area contributed by atoms with Gasteiger partial charge in [0.1, 0.15) is 5.66 Å². The molecule has 126 valence electrons. The molecule has 1 amide bonds. The Balaban J connectivity index is 1.94. The standard InChI is InChI=1S/C17H21ClF2N2O/c1-2-9-22-16(23)13-4-3-12(18)10-14(13)21-17(22)7-5-11(6-8-17)15(19)20/h3-4,10-11,15,21H,2,5-9H2,1H3. The van der Waals surface area contributed by atoms with Gasteiger partial charge in [-0.3, -0.25) is 4.79 Å². The number of rotatable bonds is 3. The summed E-state index contributed by atoms with van der Waals surface area (Å²) in [7, 11) is 0. The Morgan fingerprint density at radius 1 is 1.39 bits per heavy atom. The van der Waals surface area contributed by atoms with Crippen LogP contribution in [0.25, 0.3) is 0 Å². The minimum absolute atomic E-state index is 0.0345. The molecular formula is C17H21ClF2N2O. The van der Waals surface area contributed by atoms with Crippen molar-refractivity contribution in [3.63, 3.8) is 0 Å². The molecule has 1 aliphatic carbocycles. The van der Waals surface area contributed by atoms with Crippen LogP contribution in [0.1, 0.15) is 49.4 Å². The van der Waals surface area contributed by atoms with Gasteiger partial charge < -0.3 is 10.2 Å². The Kier molecular flexibility index (Phi) is 4.50. The molecule has 0 bridgehead atoms. The van der Waals surface area contributed by atoms with Crippen molar-refractivity contribution in [1.82, 2.24) is 4.90 Å². The highest BCUT2D eigenvalue weighted by molar-refractivity contribution is 6.31. The number of anilines is 1. The molecule has 1 N–H and O–H groups in total. The summed E-state index contributed by atoms with van der Waals surface area (Å²) in [4.78, 5) is 14.7. The number of fused-ring (bicyclic) bond motifs is 1. The number of hydrogen-bond acceptors (Lipinski definition) is 2. The number of carbonyl (C=O) groups excluding carboxylic acids is 1. The van der Waals surface area contributed by atoms with E-state index in [2.05, 4.69) is 5.32 Å². The smallest absolute Gasteiger partial charge is 0.257 e. The lowest BCUT2D eigenvalue weighted by Gasteiger charge is -2.51. The van der Waals surface area contributed by atoms with Crippen LogP contribution in [-0.2, 0) is 0 Å². The van der Waals surface area contributed by atoms with E-state index in [0.29, 0.717) is 48.5 Å². The Labute approximate surface area is 140 Å². The molecule has 23 heavy (non-hydrogen) atoms. The van der Waals surface area contributed by atoms with E-state index in [-0.39, 0.29) is 5.91 Å². The molecule has 1 heterocycles. The molecule has 0 unspecified atom stereocenters. The number of nitrogens with zero attached hydrogens (tertiary/aromatic N) is 1. The van der Waals surface area contributed by atoms with Gasteiger partial charge in [-0.25, -0.2) is 8.78 Å². The number of hydrogen-bond donors (Lipinski definition) is 1. The second kappa shape index (κ2) is 6.27. The summed E-state index contributed by atoms with van der Waals surface area (Å²) in [6.45, 7) is 2.64. The molecule has 0 aromatic heterocycles. The van der Waals surface area contributed by atoms with Gasteiger partial charge in [0, 0.05) is 17.5 Å². The number of alkyl halides is 2. The van der Waals surface area contributed by atoms with Gasteiger partial charge in [0.15, 0.2) is 0 Å². The predicted octanol–water partition coefficient (Wildman–Crippen LogP) is 4.77. The minimum atomic E-state index is -2.28. The maximum absolute atomic E-state index is 13.0. The van der Waals surface area contributed by atoms with E-state index in [4.69, 9.17) is 11.6 Å². The highest BCUT2D eigenvalue weighted by Crippen LogP contribution is 2.43. The highest BCUT2D eigenvalue weighted by atomic mass is 35.5. The van der Waals surface area contributed by atoms with Gasteiger partial charge in [-0.05, 0) is 50.3 Å². The maximum atomic E-state index is 13.0. The first kappa shape index (κ1) is 16.5. The fourth-order valence-electron chi connectivity index (χ4n) is 3.77. The molecule has 0 radical (unpaired) electrons. The normalized spacial score (nSPS) is 27.3. The third-order valence-corrected chi connectivity index (χ3v) is 5.24. The summed E-state index contributed by atoms with van der Waals surface area (Å²) in [5, 5.41) is 4.01. The minimum Gasteiger partial charge on any atom is -0.362 e. The topological polar surface area (TPSA) is 32.3 Å². The maximum Gasteiger partial charge on any atom is 0.257 e. The van der Waals surface area contributed by atoms with E-state index in [0.717, 1.165) is 6.42 Å². The fourth-order valence-corrected chi connectivity index (χ4v) is 3.94. The van der Waals surface area contributed by atoms with Crippen LogP contribution in [0.2, 0.25) is 5.02 Å². The van der Waals surface area contributed by atoms with Crippen LogP contribution in [0.5, 0.6) is 0 Å². The molecule has 1 saturated carbocycles. The van der Waals surface area contributed by atoms with Gasteiger partial charge in [-0.2, -0.15) is 0 Å². The number of amides is 1. The van der Waals surface area contributed by atoms with E-state index in [1.165, 1.54) is 0 Å². The number of carbonyl (C=O) groups is 1. The third kappa shape index (κ3) is 2.91. The summed E-state index contributed by atoms with van der Waals surface area (Å²) in [6.07, 6.45) is 0.478. The fraction of sp³-hybridized carbons (Fsp3) is 0.588. The molecule has 0 atom stereocenters. The lowest BCUT2D eigenvalue weighted by molar-refractivity contribution is 0.00382. The van der Waals surface area contributed by atoms with Gasteiger partial charge in [0.05, 0.1) is 11.3 Å². The van der Waals surface area contributed by atoms with Gasteiger partial charge in [0.25, 0.3) is 5.91 Å². The largest absolute Gasteiger partial charge is 0.362 e. The van der Waals surface area contributed by atoms with Crippen LogP contribution in [0.3, 0.4) is 0 Å². The SMILES string of the molecule is CCCN1C(=O)c2ccc(Cl)cc2NC12CCC(C(F)F)CC2. The molecule has 1 spiro atoms. The van der Waals surface area contributed by atoms with E-state index < -0.39 is 18.0 Å². The molecule has 1 aromatic rings. The quantitative estimate of drug-likeness (QED) is 0.858. The van der Waals surface area contributed by atoms with Crippen molar-refractivity contribution in [1.29, 1.82) is 0 Å². The van der Waals surface area contributed by atoms with Crippen molar-refractivity contribution in [2.45, 2.75) is 51.1 Å². The van der Waals surface area contributed by atoms with Crippen LogP contribution in [-0.4, -0.2) is 29.4 Å². The first-order valence-electron chi connectivity index (χ1n) is 8.15. The van der Waals surface area contributed by atoms with E-state index >= 15 is 0 Å². The van der Waals surface area contributed by atoms with Crippen molar-refractivity contribution in [3.8, 4) is 0 Å². The Morgan fingerprint density at radius 3 is 2.70 bits per heavy atom. The first-order chi connectivity index (χ1) is 11.0. The monoisotopic (exact) mass is 342 g/mol.